The van der Waals surface area contributed by atoms with Crippen LogP contribution in [0.1, 0.15) is 37.8 Å². The Kier molecular flexibility index (Phi) is 5.06. The fourth-order valence-electron chi connectivity index (χ4n) is 2.54. The van der Waals surface area contributed by atoms with Crippen molar-refractivity contribution in [2.75, 3.05) is 19.7 Å². The first kappa shape index (κ1) is 13.4. The second-order valence-corrected chi connectivity index (χ2v) is 5.35. The first-order valence-electron chi connectivity index (χ1n) is 7.25. The summed E-state index contributed by atoms with van der Waals surface area (Å²) in [6.45, 7) is 7.58. The molecule has 1 aromatic carbocycles. The van der Waals surface area contributed by atoms with Gasteiger partial charge in [0.25, 0.3) is 0 Å². The van der Waals surface area contributed by atoms with Crippen LogP contribution in [-0.4, -0.2) is 19.7 Å². The van der Waals surface area contributed by atoms with Crippen LogP contribution in [0.5, 0.6) is 5.75 Å². The van der Waals surface area contributed by atoms with Crippen LogP contribution in [0.3, 0.4) is 0 Å². The summed E-state index contributed by atoms with van der Waals surface area (Å²) in [6.07, 6.45) is 4.87. The molecular formula is C16H25NO. The van der Waals surface area contributed by atoms with Gasteiger partial charge in [0, 0.05) is 6.42 Å². The van der Waals surface area contributed by atoms with E-state index in [9.17, 15) is 0 Å². The number of ether oxygens (including phenoxy) is 1. The van der Waals surface area contributed by atoms with Crippen molar-refractivity contribution < 1.29 is 4.74 Å². The lowest BCUT2D eigenvalue weighted by molar-refractivity contribution is 0.357. The molecule has 100 valence electrons. The lowest BCUT2D eigenvalue weighted by Gasteiger charge is -2.11. The molecule has 1 aliphatic rings. The molecule has 18 heavy (non-hydrogen) atoms. The molecule has 2 heteroatoms. The zero-order valence-corrected chi connectivity index (χ0v) is 11.7. The molecule has 0 saturated carbocycles. The van der Waals surface area contributed by atoms with Crippen LogP contribution in [0.4, 0.5) is 0 Å². The predicted molar refractivity (Wildman–Crippen MR) is 76.3 cm³/mol. The molecule has 0 aromatic heterocycles. The van der Waals surface area contributed by atoms with Crippen molar-refractivity contribution in [3.63, 3.8) is 0 Å². The monoisotopic (exact) mass is 247 g/mol. The zero-order chi connectivity index (χ0) is 12.8. The van der Waals surface area contributed by atoms with E-state index in [4.69, 9.17) is 4.74 Å². The molecule has 1 N–H and O–H groups in total. The summed E-state index contributed by atoms with van der Waals surface area (Å²) in [5, 5.41) is 3.41. The maximum absolute atomic E-state index is 5.53. The van der Waals surface area contributed by atoms with Gasteiger partial charge in [-0.15, -0.1) is 0 Å². The van der Waals surface area contributed by atoms with E-state index in [0.29, 0.717) is 0 Å². The van der Waals surface area contributed by atoms with Gasteiger partial charge in [0.2, 0.25) is 0 Å². The molecule has 0 amide bonds. The number of hydrogen-bond donors (Lipinski definition) is 1. The lowest BCUT2D eigenvalue weighted by atomic mass is 9.99. The Hall–Kier alpha value is -1.02. The lowest BCUT2D eigenvalue weighted by Crippen LogP contribution is -2.20. The number of benzene rings is 1. The number of nitrogens with one attached hydrogen (secondary N) is 1. The normalized spacial score (nSPS) is 15.2. The molecule has 1 heterocycles. The van der Waals surface area contributed by atoms with Crippen molar-refractivity contribution >= 4 is 0 Å². The fraction of sp³-hybridized carbons (Fsp3) is 0.625. The standard InChI is InChI=1S/C16H25NO/c1-3-17-12-13(2)5-4-6-14-7-8-16-15(11-14)9-10-18-16/h7-8,11,13,17H,3-6,9-10,12H2,1-2H3. The van der Waals surface area contributed by atoms with Gasteiger partial charge in [0.05, 0.1) is 6.61 Å². The van der Waals surface area contributed by atoms with Gasteiger partial charge in [-0.25, -0.2) is 0 Å². The molecule has 0 spiro atoms. The molecule has 1 aliphatic heterocycles. The quantitative estimate of drug-likeness (QED) is 0.799. The molecule has 2 nitrogen and oxygen atoms in total. The Balaban J connectivity index is 1.73. The van der Waals surface area contributed by atoms with Crippen molar-refractivity contribution in [3.8, 4) is 5.75 Å². The Bertz CT molecular complexity index is 375. The number of hydrogen-bond acceptors (Lipinski definition) is 2. The van der Waals surface area contributed by atoms with Crippen LogP contribution < -0.4 is 10.1 Å². The van der Waals surface area contributed by atoms with Gasteiger partial charge in [0.15, 0.2) is 0 Å². The molecule has 0 radical (unpaired) electrons. The first-order chi connectivity index (χ1) is 8.79. The van der Waals surface area contributed by atoms with E-state index < -0.39 is 0 Å². The van der Waals surface area contributed by atoms with Crippen LogP contribution in [0.25, 0.3) is 0 Å². The van der Waals surface area contributed by atoms with Gasteiger partial charge in [0.1, 0.15) is 5.75 Å². The molecular weight excluding hydrogens is 222 g/mol. The summed E-state index contributed by atoms with van der Waals surface area (Å²) in [6, 6.07) is 6.69. The van der Waals surface area contributed by atoms with Crippen LogP contribution in [0.15, 0.2) is 18.2 Å². The average molecular weight is 247 g/mol. The Morgan fingerprint density at radius 1 is 1.39 bits per heavy atom. The Morgan fingerprint density at radius 2 is 2.28 bits per heavy atom. The van der Waals surface area contributed by atoms with Crippen LogP contribution >= 0.6 is 0 Å². The number of aryl methyl sites for hydroxylation is 1. The van der Waals surface area contributed by atoms with E-state index in [0.717, 1.165) is 37.8 Å². The minimum Gasteiger partial charge on any atom is -0.493 e. The second kappa shape index (κ2) is 6.79. The van der Waals surface area contributed by atoms with E-state index in [-0.39, 0.29) is 0 Å². The highest BCUT2D eigenvalue weighted by molar-refractivity contribution is 5.39. The van der Waals surface area contributed by atoms with Crippen molar-refractivity contribution in [2.45, 2.75) is 39.5 Å². The number of fused-ring (bicyclic) bond motifs is 1. The minimum atomic E-state index is 0.780. The SMILES string of the molecule is CCNCC(C)CCCc1ccc2c(c1)CCO2. The zero-order valence-electron chi connectivity index (χ0n) is 11.7. The molecule has 0 fully saturated rings. The van der Waals surface area contributed by atoms with Gasteiger partial charge in [-0.2, -0.15) is 0 Å². The molecule has 0 aliphatic carbocycles. The van der Waals surface area contributed by atoms with Crippen molar-refractivity contribution in [3.05, 3.63) is 29.3 Å². The minimum absolute atomic E-state index is 0.780. The third kappa shape index (κ3) is 3.74. The van der Waals surface area contributed by atoms with Crippen molar-refractivity contribution in [2.24, 2.45) is 5.92 Å². The highest BCUT2D eigenvalue weighted by Gasteiger charge is 2.11. The smallest absolute Gasteiger partial charge is 0.122 e. The highest BCUT2D eigenvalue weighted by Crippen LogP contribution is 2.26. The molecule has 1 unspecified atom stereocenters. The summed E-state index contributed by atoms with van der Waals surface area (Å²) in [4.78, 5) is 0. The first-order valence-corrected chi connectivity index (χ1v) is 7.25. The van der Waals surface area contributed by atoms with Crippen LogP contribution in [-0.2, 0) is 12.8 Å². The third-order valence-corrected chi connectivity index (χ3v) is 3.66. The largest absolute Gasteiger partial charge is 0.493 e. The van der Waals surface area contributed by atoms with Crippen molar-refractivity contribution in [1.29, 1.82) is 0 Å². The van der Waals surface area contributed by atoms with Crippen LogP contribution in [0, 0.1) is 5.92 Å². The molecule has 1 aromatic rings. The fourth-order valence-corrected chi connectivity index (χ4v) is 2.54. The van der Waals surface area contributed by atoms with E-state index in [1.165, 1.54) is 30.4 Å². The summed E-state index contributed by atoms with van der Waals surface area (Å²) >= 11 is 0. The Labute approximate surface area is 111 Å². The molecule has 0 bridgehead atoms. The van der Waals surface area contributed by atoms with E-state index >= 15 is 0 Å². The molecule has 2 rings (SSSR count). The van der Waals surface area contributed by atoms with Gasteiger partial charge in [-0.1, -0.05) is 26.0 Å². The topological polar surface area (TPSA) is 21.3 Å². The van der Waals surface area contributed by atoms with Gasteiger partial charge < -0.3 is 10.1 Å². The molecule has 0 saturated heterocycles. The van der Waals surface area contributed by atoms with E-state index in [1.54, 1.807) is 0 Å². The summed E-state index contributed by atoms with van der Waals surface area (Å²) in [5.41, 5.74) is 2.86. The summed E-state index contributed by atoms with van der Waals surface area (Å²) in [7, 11) is 0. The van der Waals surface area contributed by atoms with Crippen LogP contribution in [0.2, 0.25) is 0 Å². The summed E-state index contributed by atoms with van der Waals surface area (Å²) in [5.74, 6) is 1.88. The maximum Gasteiger partial charge on any atom is 0.122 e. The van der Waals surface area contributed by atoms with E-state index in [2.05, 4.69) is 37.4 Å². The maximum atomic E-state index is 5.53. The summed E-state index contributed by atoms with van der Waals surface area (Å²) < 4.78 is 5.53. The van der Waals surface area contributed by atoms with Gasteiger partial charge in [-0.3, -0.25) is 0 Å². The highest BCUT2D eigenvalue weighted by atomic mass is 16.5. The average Bonchev–Trinajstić information content (AvgIpc) is 2.83. The van der Waals surface area contributed by atoms with E-state index in [1.807, 2.05) is 0 Å². The van der Waals surface area contributed by atoms with Gasteiger partial charge in [-0.05, 0) is 55.5 Å². The van der Waals surface area contributed by atoms with Crippen molar-refractivity contribution in [1.82, 2.24) is 5.32 Å². The third-order valence-electron chi connectivity index (χ3n) is 3.66. The molecule has 1 atom stereocenters. The Morgan fingerprint density at radius 3 is 3.11 bits per heavy atom. The predicted octanol–water partition coefficient (Wildman–Crippen LogP) is 3.19. The van der Waals surface area contributed by atoms with Gasteiger partial charge >= 0.3 is 0 Å². The second-order valence-electron chi connectivity index (χ2n) is 5.35. The number of rotatable bonds is 7.